The van der Waals surface area contributed by atoms with E-state index in [0.717, 1.165) is 50.6 Å². The Bertz CT molecular complexity index is 1110. The van der Waals surface area contributed by atoms with Crippen LogP contribution < -0.4 is 5.32 Å². The zero-order chi connectivity index (χ0) is 26.5. The highest BCUT2D eigenvalue weighted by atomic mass is 16.5. The second-order valence-corrected chi connectivity index (χ2v) is 13.1. The third-order valence-electron chi connectivity index (χ3n) is 10.7. The maximum Gasteiger partial charge on any atom is 0.302 e. The zero-order valence-corrected chi connectivity index (χ0v) is 23.7. The summed E-state index contributed by atoms with van der Waals surface area (Å²) in [6.45, 7) is 13.3. The maximum atomic E-state index is 11.6. The fourth-order valence-corrected chi connectivity index (χ4v) is 8.73. The number of allylic oxidation sites excluding steroid dienone is 1. The predicted molar refractivity (Wildman–Crippen MR) is 144 cm³/mol. The van der Waals surface area contributed by atoms with Gasteiger partial charge in [0.15, 0.2) is 0 Å². The molecule has 5 rings (SSSR count). The van der Waals surface area contributed by atoms with Crippen molar-refractivity contribution >= 4 is 11.9 Å². The summed E-state index contributed by atoms with van der Waals surface area (Å²) in [7, 11) is 0. The van der Waals surface area contributed by atoms with Crippen LogP contribution in [0, 0.1) is 36.0 Å². The largest absolute Gasteiger partial charge is 0.462 e. The van der Waals surface area contributed by atoms with Gasteiger partial charge in [-0.05, 0) is 104 Å². The molecule has 6 nitrogen and oxygen atoms in total. The second-order valence-electron chi connectivity index (χ2n) is 13.1. The van der Waals surface area contributed by atoms with Gasteiger partial charge < -0.3 is 10.1 Å². The molecular weight excluding hydrogens is 462 g/mol. The van der Waals surface area contributed by atoms with Gasteiger partial charge in [-0.3, -0.25) is 9.59 Å². The SMILES string of the molecule is CC(=O)NC[C@H](C)CCc1nnc2c(c1C)[C@@]1(C)CC[C@@H]3[C@H](CC=C4C[C@@H](OC(C)=O)CC[C@@]43C)[C@H]1C2. The first kappa shape index (κ1) is 26.4. The van der Waals surface area contributed by atoms with Crippen LogP contribution in [0.2, 0.25) is 0 Å². The number of esters is 1. The highest BCUT2D eigenvalue weighted by Crippen LogP contribution is 2.64. The lowest BCUT2D eigenvalue weighted by Gasteiger charge is -2.57. The molecule has 1 N–H and O–H groups in total. The lowest BCUT2D eigenvalue weighted by Crippen LogP contribution is -2.51. The van der Waals surface area contributed by atoms with Gasteiger partial charge in [0.05, 0.1) is 11.4 Å². The molecule has 4 aliphatic carbocycles. The first-order valence-electron chi connectivity index (χ1n) is 14.5. The lowest BCUT2D eigenvalue weighted by atomic mass is 9.47. The number of nitrogens with one attached hydrogen (secondary N) is 1. The van der Waals surface area contributed by atoms with Crippen molar-refractivity contribution in [3.63, 3.8) is 0 Å². The van der Waals surface area contributed by atoms with Crippen LogP contribution in [0.1, 0.15) is 102 Å². The first-order valence-corrected chi connectivity index (χ1v) is 14.5. The Morgan fingerprint density at radius 3 is 2.59 bits per heavy atom. The molecule has 0 spiro atoms. The maximum absolute atomic E-state index is 11.6. The molecule has 202 valence electrons. The number of amides is 1. The fraction of sp³-hybridized carbons (Fsp3) is 0.742. The number of rotatable bonds is 6. The van der Waals surface area contributed by atoms with Crippen LogP contribution in [0.25, 0.3) is 0 Å². The summed E-state index contributed by atoms with van der Waals surface area (Å²) >= 11 is 0. The molecule has 37 heavy (non-hydrogen) atoms. The number of ether oxygens (including phenoxy) is 1. The van der Waals surface area contributed by atoms with Crippen LogP contribution in [-0.4, -0.2) is 34.7 Å². The van der Waals surface area contributed by atoms with Crippen molar-refractivity contribution in [2.75, 3.05) is 6.54 Å². The van der Waals surface area contributed by atoms with E-state index >= 15 is 0 Å². The summed E-state index contributed by atoms with van der Waals surface area (Å²) in [4.78, 5) is 22.8. The molecule has 0 unspecified atom stereocenters. The smallest absolute Gasteiger partial charge is 0.302 e. The summed E-state index contributed by atoms with van der Waals surface area (Å²) in [6, 6.07) is 0. The Balaban J connectivity index is 1.35. The van der Waals surface area contributed by atoms with Crippen molar-refractivity contribution in [3.05, 3.63) is 34.2 Å². The van der Waals surface area contributed by atoms with E-state index in [4.69, 9.17) is 14.9 Å². The summed E-state index contributed by atoms with van der Waals surface area (Å²) in [6.07, 6.45) is 12.2. The molecule has 6 heteroatoms. The van der Waals surface area contributed by atoms with Crippen LogP contribution in [0.4, 0.5) is 0 Å². The second kappa shape index (κ2) is 9.81. The van der Waals surface area contributed by atoms with E-state index in [1.807, 2.05) is 0 Å². The van der Waals surface area contributed by atoms with E-state index in [-0.39, 0.29) is 28.8 Å². The zero-order valence-electron chi connectivity index (χ0n) is 23.7. The number of aryl methyl sites for hydroxylation is 1. The molecular formula is C31H45N3O3. The molecule has 0 bridgehead atoms. The van der Waals surface area contributed by atoms with Gasteiger partial charge >= 0.3 is 5.97 Å². The molecule has 0 radical (unpaired) electrons. The van der Waals surface area contributed by atoms with E-state index in [9.17, 15) is 9.59 Å². The molecule has 1 amide bonds. The Morgan fingerprint density at radius 1 is 1.11 bits per heavy atom. The van der Waals surface area contributed by atoms with Crippen LogP contribution in [-0.2, 0) is 32.6 Å². The van der Waals surface area contributed by atoms with Crippen LogP contribution in [0.5, 0.6) is 0 Å². The van der Waals surface area contributed by atoms with E-state index < -0.39 is 0 Å². The Kier molecular flexibility index (Phi) is 6.99. The van der Waals surface area contributed by atoms with Gasteiger partial charge in [0, 0.05) is 26.8 Å². The molecule has 0 saturated heterocycles. The topological polar surface area (TPSA) is 81.2 Å². The highest BCUT2D eigenvalue weighted by molar-refractivity contribution is 5.72. The van der Waals surface area contributed by atoms with Gasteiger partial charge in [-0.1, -0.05) is 32.4 Å². The Morgan fingerprint density at radius 2 is 1.86 bits per heavy atom. The number of nitrogens with zero attached hydrogens (tertiary/aromatic N) is 2. The minimum Gasteiger partial charge on any atom is -0.462 e. The molecule has 1 aromatic rings. The third-order valence-corrected chi connectivity index (χ3v) is 10.7. The highest BCUT2D eigenvalue weighted by Gasteiger charge is 2.58. The Labute approximate surface area is 222 Å². The van der Waals surface area contributed by atoms with Crippen LogP contribution in [0.3, 0.4) is 0 Å². The summed E-state index contributed by atoms with van der Waals surface area (Å²) < 4.78 is 5.62. The molecule has 2 fully saturated rings. The number of hydrogen-bond acceptors (Lipinski definition) is 5. The van der Waals surface area contributed by atoms with E-state index in [2.05, 4.69) is 39.1 Å². The molecule has 4 aliphatic rings. The molecule has 7 atom stereocenters. The molecule has 1 aromatic heterocycles. The average Bonchev–Trinajstić information content (AvgIpc) is 3.15. The first-order chi connectivity index (χ1) is 17.5. The van der Waals surface area contributed by atoms with Crippen molar-refractivity contribution < 1.29 is 14.3 Å². The summed E-state index contributed by atoms with van der Waals surface area (Å²) in [5.74, 6) is 2.28. The van der Waals surface area contributed by atoms with Gasteiger partial charge in [0.2, 0.25) is 5.91 Å². The van der Waals surface area contributed by atoms with Gasteiger partial charge in [0.25, 0.3) is 0 Å². The minimum absolute atomic E-state index is 0.0332. The van der Waals surface area contributed by atoms with Crippen LogP contribution >= 0.6 is 0 Å². The molecule has 2 saturated carbocycles. The number of fused-ring (bicyclic) bond motifs is 7. The van der Waals surface area contributed by atoms with Crippen molar-refractivity contribution in [2.45, 2.75) is 111 Å². The van der Waals surface area contributed by atoms with Crippen molar-refractivity contribution in [1.82, 2.24) is 15.5 Å². The standard InChI is InChI=1S/C31H45N3O3/c1-18(17-32-20(3)35)7-10-27-19(2)29-28(34-33-27)16-26-24-9-8-22-15-23(37-21(4)36)11-13-30(22,5)25(24)12-14-31(26,29)6/h8,18,23-26H,7,9-17H2,1-6H3,(H,32,35)/t18-,23+,24+,25-,26-,30+,31+/m1/s1. The molecule has 1 heterocycles. The Hall–Kier alpha value is -2.24. The van der Waals surface area contributed by atoms with E-state index in [1.54, 1.807) is 6.92 Å². The molecule has 0 aliphatic heterocycles. The van der Waals surface area contributed by atoms with Crippen molar-refractivity contribution in [3.8, 4) is 0 Å². The average molecular weight is 508 g/mol. The van der Waals surface area contributed by atoms with Crippen molar-refractivity contribution in [2.24, 2.45) is 29.1 Å². The van der Waals surface area contributed by atoms with Gasteiger partial charge in [-0.25, -0.2) is 0 Å². The molecule has 0 aromatic carbocycles. The van der Waals surface area contributed by atoms with E-state index in [0.29, 0.717) is 30.2 Å². The predicted octanol–water partition coefficient (Wildman–Crippen LogP) is 5.40. The summed E-state index contributed by atoms with van der Waals surface area (Å²) in [5, 5.41) is 12.5. The van der Waals surface area contributed by atoms with E-state index in [1.165, 1.54) is 42.2 Å². The monoisotopic (exact) mass is 507 g/mol. The number of aromatic nitrogens is 2. The van der Waals surface area contributed by atoms with Crippen molar-refractivity contribution in [1.29, 1.82) is 0 Å². The third kappa shape index (κ3) is 4.63. The fourth-order valence-electron chi connectivity index (χ4n) is 8.73. The number of hydrogen-bond donors (Lipinski definition) is 1. The number of carbonyl (C=O) groups is 2. The van der Waals surface area contributed by atoms with Gasteiger partial charge in [-0.2, -0.15) is 10.2 Å². The number of carbonyl (C=O) groups excluding carboxylic acids is 2. The van der Waals surface area contributed by atoms with Gasteiger partial charge in [0.1, 0.15) is 6.10 Å². The normalized spacial score (nSPS) is 34.8. The minimum atomic E-state index is -0.155. The lowest BCUT2D eigenvalue weighted by molar-refractivity contribution is -0.148. The van der Waals surface area contributed by atoms with Crippen LogP contribution in [0.15, 0.2) is 11.6 Å². The van der Waals surface area contributed by atoms with Gasteiger partial charge in [-0.15, -0.1) is 0 Å². The summed E-state index contributed by atoms with van der Waals surface area (Å²) in [5.41, 5.74) is 7.17. The quantitative estimate of drug-likeness (QED) is 0.412.